The van der Waals surface area contributed by atoms with Crippen molar-refractivity contribution in [2.75, 3.05) is 13.1 Å². The number of hydrogen-bond acceptors (Lipinski definition) is 4. The molecule has 6 nitrogen and oxygen atoms in total. The largest absolute Gasteiger partial charge is 0.468 e. The summed E-state index contributed by atoms with van der Waals surface area (Å²) in [5.74, 6) is 0.364. The van der Waals surface area contributed by atoms with Gasteiger partial charge in [-0.15, -0.1) is 0 Å². The van der Waals surface area contributed by atoms with Gasteiger partial charge in [-0.25, -0.2) is 0 Å². The summed E-state index contributed by atoms with van der Waals surface area (Å²) in [6.45, 7) is 2.97. The van der Waals surface area contributed by atoms with Gasteiger partial charge in [-0.2, -0.15) is 0 Å². The van der Waals surface area contributed by atoms with Crippen LogP contribution in [0.2, 0.25) is 0 Å². The maximum Gasteiger partial charge on any atom is 0.255 e. The molecule has 1 fully saturated rings. The van der Waals surface area contributed by atoms with Crippen LogP contribution >= 0.6 is 0 Å². The lowest BCUT2D eigenvalue weighted by Crippen LogP contribution is -2.35. The van der Waals surface area contributed by atoms with E-state index in [0.717, 1.165) is 30.8 Å². The number of benzene rings is 1. The summed E-state index contributed by atoms with van der Waals surface area (Å²) >= 11 is 0. The number of amides is 2. The summed E-state index contributed by atoms with van der Waals surface area (Å²) in [7, 11) is 0. The van der Waals surface area contributed by atoms with E-state index < -0.39 is 5.91 Å². The van der Waals surface area contributed by atoms with Crippen LogP contribution in [0.1, 0.15) is 64.1 Å². The number of furan rings is 1. The Bertz CT molecular complexity index is 841. The molecule has 2 aliphatic rings. The molecule has 2 amide bonds. The van der Waals surface area contributed by atoms with Crippen molar-refractivity contribution in [3.63, 3.8) is 0 Å². The lowest BCUT2D eigenvalue weighted by molar-refractivity contribution is 0.0759. The van der Waals surface area contributed by atoms with Gasteiger partial charge in [0.1, 0.15) is 5.76 Å². The van der Waals surface area contributed by atoms with Gasteiger partial charge in [0.05, 0.1) is 23.9 Å². The quantitative estimate of drug-likeness (QED) is 0.762. The van der Waals surface area contributed by atoms with Crippen molar-refractivity contribution in [2.45, 2.75) is 51.2 Å². The smallest absolute Gasteiger partial charge is 0.255 e. The van der Waals surface area contributed by atoms with Gasteiger partial charge in [0.15, 0.2) is 0 Å². The highest BCUT2D eigenvalue weighted by molar-refractivity contribution is 6.09. The summed E-state index contributed by atoms with van der Waals surface area (Å²) < 4.78 is 5.55. The second-order valence-electron chi connectivity index (χ2n) is 7.77. The van der Waals surface area contributed by atoms with Gasteiger partial charge >= 0.3 is 0 Å². The highest BCUT2D eigenvalue weighted by Crippen LogP contribution is 2.27. The van der Waals surface area contributed by atoms with Crippen LogP contribution in [0.25, 0.3) is 0 Å². The van der Waals surface area contributed by atoms with Crippen molar-refractivity contribution in [1.29, 1.82) is 0 Å². The molecule has 1 aliphatic heterocycles. The highest BCUT2D eigenvalue weighted by atomic mass is 16.3. The Morgan fingerprint density at radius 3 is 2.75 bits per heavy atom. The number of rotatable bonds is 8. The molecule has 1 saturated carbocycles. The standard InChI is InChI=1S/C22H27N3O3/c23-21(26)19-10-3-6-16-14-25(22(27)20(16)19)12-5-11-24(17-7-1-2-8-17)15-18-9-4-13-28-18/h3-4,6,9-10,13,17H,1-2,5,7-8,11-12,14-15H2,(H2,23,26). The maximum atomic E-state index is 12.8. The fourth-order valence-corrected chi connectivity index (χ4v) is 4.53. The van der Waals surface area contributed by atoms with Gasteiger partial charge in [0.25, 0.3) is 5.91 Å². The minimum absolute atomic E-state index is 0.0807. The zero-order valence-electron chi connectivity index (χ0n) is 16.1. The molecule has 2 heterocycles. The molecule has 1 aliphatic carbocycles. The van der Waals surface area contributed by atoms with E-state index in [9.17, 15) is 9.59 Å². The Hall–Kier alpha value is -2.60. The van der Waals surface area contributed by atoms with Crippen LogP contribution in [0.3, 0.4) is 0 Å². The Kier molecular flexibility index (Phi) is 5.48. The van der Waals surface area contributed by atoms with E-state index in [4.69, 9.17) is 10.2 Å². The average molecular weight is 381 g/mol. The fraction of sp³-hybridized carbons (Fsp3) is 0.455. The van der Waals surface area contributed by atoms with Crippen LogP contribution in [-0.4, -0.2) is 40.7 Å². The van der Waals surface area contributed by atoms with E-state index in [1.54, 1.807) is 18.4 Å². The molecule has 6 heteroatoms. The SMILES string of the molecule is NC(=O)c1cccc2c1C(=O)N(CCCN(Cc1ccco1)C1CCCC1)C2. The first-order valence-corrected chi connectivity index (χ1v) is 10.1. The minimum atomic E-state index is -0.544. The third-order valence-electron chi connectivity index (χ3n) is 5.93. The van der Waals surface area contributed by atoms with E-state index >= 15 is 0 Å². The molecule has 2 aromatic rings. The van der Waals surface area contributed by atoms with Crippen LogP contribution in [0.15, 0.2) is 41.0 Å². The second kappa shape index (κ2) is 8.19. The molecule has 2 N–H and O–H groups in total. The Morgan fingerprint density at radius 2 is 2.04 bits per heavy atom. The molecule has 1 aromatic carbocycles. The van der Waals surface area contributed by atoms with Gasteiger partial charge in [-0.1, -0.05) is 25.0 Å². The van der Waals surface area contributed by atoms with E-state index in [-0.39, 0.29) is 5.91 Å². The van der Waals surface area contributed by atoms with Gasteiger partial charge in [-0.05, 0) is 43.0 Å². The van der Waals surface area contributed by atoms with Gasteiger partial charge in [0.2, 0.25) is 5.91 Å². The summed E-state index contributed by atoms with van der Waals surface area (Å²) in [6, 6.07) is 9.88. The van der Waals surface area contributed by atoms with Crippen molar-refractivity contribution in [2.24, 2.45) is 5.73 Å². The molecule has 0 bridgehead atoms. The first-order valence-electron chi connectivity index (χ1n) is 10.1. The van der Waals surface area contributed by atoms with Crippen LogP contribution < -0.4 is 5.73 Å². The van der Waals surface area contributed by atoms with E-state index in [2.05, 4.69) is 4.90 Å². The molecular weight excluding hydrogens is 354 g/mol. The summed E-state index contributed by atoms with van der Waals surface area (Å²) in [4.78, 5) is 28.8. The molecule has 4 rings (SSSR count). The molecule has 0 unspecified atom stereocenters. The molecule has 0 saturated heterocycles. The normalized spacial score (nSPS) is 16.9. The molecule has 0 radical (unpaired) electrons. The lowest BCUT2D eigenvalue weighted by Gasteiger charge is -2.28. The number of primary amides is 1. The van der Waals surface area contributed by atoms with Crippen molar-refractivity contribution < 1.29 is 14.0 Å². The molecule has 28 heavy (non-hydrogen) atoms. The Balaban J connectivity index is 1.37. The molecule has 0 atom stereocenters. The zero-order valence-corrected chi connectivity index (χ0v) is 16.1. The van der Waals surface area contributed by atoms with E-state index in [1.165, 1.54) is 25.7 Å². The maximum absolute atomic E-state index is 12.8. The number of nitrogens with two attached hydrogens (primary N) is 1. The van der Waals surface area contributed by atoms with Crippen molar-refractivity contribution in [1.82, 2.24) is 9.80 Å². The minimum Gasteiger partial charge on any atom is -0.468 e. The zero-order chi connectivity index (χ0) is 19.5. The second-order valence-corrected chi connectivity index (χ2v) is 7.77. The average Bonchev–Trinajstić information content (AvgIpc) is 3.43. The van der Waals surface area contributed by atoms with Crippen molar-refractivity contribution in [3.8, 4) is 0 Å². The number of nitrogens with zero attached hydrogens (tertiary/aromatic N) is 2. The topological polar surface area (TPSA) is 79.8 Å². The van der Waals surface area contributed by atoms with Crippen LogP contribution in [0.5, 0.6) is 0 Å². The van der Waals surface area contributed by atoms with Crippen LogP contribution in [0, 0.1) is 0 Å². The Morgan fingerprint density at radius 1 is 1.21 bits per heavy atom. The summed E-state index contributed by atoms with van der Waals surface area (Å²) in [5, 5.41) is 0. The highest BCUT2D eigenvalue weighted by Gasteiger charge is 2.31. The van der Waals surface area contributed by atoms with Gasteiger partial charge in [-0.3, -0.25) is 14.5 Å². The van der Waals surface area contributed by atoms with E-state index in [0.29, 0.717) is 30.3 Å². The number of fused-ring (bicyclic) bond motifs is 1. The molecular formula is C22H27N3O3. The molecule has 1 aromatic heterocycles. The van der Waals surface area contributed by atoms with Gasteiger partial charge < -0.3 is 15.1 Å². The lowest BCUT2D eigenvalue weighted by atomic mass is 10.0. The van der Waals surface area contributed by atoms with Crippen molar-refractivity contribution >= 4 is 11.8 Å². The first kappa shape index (κ1) is 18.7. The van der Waals surface area contributed by atoms with E-state index in [1.807, 2.05) is 23.1 Å². The third-order valence-corrected chi connectivity index (χ3v) is 5.93. The predicted octanol–water partition coefficient (Wildman–Crippen LogP) is 3.17. The first-order chi connectivity index (χ1) is 13.6. The molecule has 0 spiro atoms. The predicted molar refractivity (Wildman–Crippen MR) is 106 cm³/mol. The fourth-order valence-electron chi connectivity index (χ4n) is 4.53. The van der Waals surface area contributed by atoms with Crippen LogP contribution in [0.4, 0.5) is 0 Å². The summed E-state index contributed by atoms with van der Waals surface area (Å²) in [6.07, 6.45) is 7.65. The monoisotopic (exact) mass is 381 g/mol. The van der Waals surface area contributed by atoms with Crippen LogP contribution in [-0.2, 0) is 13.1 Å². The number of carbonyl (C=O) groups excluding carboxylic acids is 2. The van der Waals surface area contributed by atoms with Crippen molar-refractivity contribution in [3.05, 3.63) is 59.0 Å². The number of carbonyl (C=O) groups is 2. The van der Waals surface area contributed by atoms with Gasteiger partial charge in [0, 0.05) is 25.7 Å². The molecule has 148 valence electrons. The Labute approximate surface area is 165 Å². The summed E-state index contributed by atoms with van der Waals surface area (Å²) in [5.41, 5.74) is 7.15. The third kappa shape index (κ3) is 3.83. The number of hydrogen-bond donors (Lipinski definition) is 1.